The van der Waals surface area contributed by atoms with E-state index in [0.717, 1.165) is 10.2 Å². The second kappa shape index (κ2) is 5.22. The van der Waals surface area contributed by atoms with E-state index in [-0.39, 0.29) is 12.1 Å². The number of methoxy groups -OCH3 is 1. The maximum atomic E-state index is 11.6. The average Bonchev–Trinajstić information content (AvgIpc) is 2.69. The zero-order chi connectivity index (χ0) is 13.1. The first-order chi connectivity index (χ1) is 8.60. The van der Waals surface area contributed by atoms with Crippen LogP contribution in [0.5, 0.6) is 5.75 Å². The topological polar surface area (TPSA) is 63.2 Å². The van der Waals surface area contributed by atoms with E-state index in [1.54, 1.807) is 7.11 Å². The Labute approximate surface area is 109 Å². The number of ether oxygens (including phenoxy) is 1. The zero-order valence-electron chi connectivity index (χ0n) is 10.5. The molecule has 5 nitrogen and oxygen atoms in total. The Morgan fingerprint density at radius 3 is 2.89 bits per heavy atom. The number of benzene rings is 1. The van der Waals surface area contributed by atoms with Crippen molar-refractivity contribution < 1.29 is 9.53 Å². The molecule has 1 aromatic carbocycles. The van der Waals surface area contributed by atoms with Gasteiger partial charge in [0.25, 0.3) is 0 Å². The molecule has 0 radical (unpaired) electrons. The monoisotopic (exact) mass is 265 g/mol. The summed E-state index contributed by atoms with van der Waals surface area (Å²) < 4.78 is 6.21. The highest BCUT2D eigenvalue weighted by atomic mass is 32.1. The van der Waals surface area contributed by atoms with Gasteiger partial charge in [0, 0.05) is 6.04 Å². The van der Waals surface area contributed by atoms with E-state index in [9.17, 15) is 4.79 Å². The summed E-state index contributed by atoms with van der Waals surface area (Å²) in [7, 11) is 1.60. The third-order valence-corrected chi connectivity index (χ3v) is 3.18. The fourth-order valence-corrected chi connectivity index (χ4v) is 2.42. The zero-order valence-corrected chi connectivity index (χ0v) is 11.3. The molecule has 0 aliphatic heterocycles. The summed E-state index contributed by atoms with van der Waals surface area (Å²) in [6, 6.07) is 5.54. The molecule has 2 amide bonds. The van der Waals surface area contributed by atoms with Crippen molar-refractivity contribution in [2.24, 2.45) is 0 Å². The summed E-state index contributed by atoms with van der Waals surface area (Å²) in [5.74, 6) is 0.709. The Bertz CT molecular complexity index is 565. The first-order valence-electron chi connectivity index (χ1n) is 5.61. The molecule has 0 bridgehead atoms. The summed E-state index contributed by atoms with van der Waals surface area (Å²) >= 11 is 1.42. The van der Waals surface area contributed by atoms with E-state index in [1.807, 2.05) is 32.0 Å². The Hall–Kier alpha value is -1.82. The number of nitrogens with zero attached hydrogens (tertiary/aromatic N) is 1. The molecule has 2 N–H and O–H groups in total. The molecular formula is C12H15N3O2S. The molecule has 0 saturated heterocycles. The highest BCUT2D eigenvalue weighted by molar-refractivity contribution is 7.22. The number of hydrogen-bond donors (Lipinski definition) is 2. The number of fused-ring (bicyclic) bond motifs is 1. The molecule has 1 aromatic heterocycles. The van der Waals surface area contributed by atoms with Crippen molar-refractivity contribution in [2.45, 2.75) is 19.9 Å². The van der Waals surface area contributed by atoms with Crippen molar-refractivity contribution in [2.75, 3.05) is 12.4 Å². The van der Waals surface area contributed by atoms with Crippen LogP contribution in [0.25, 0.3) is 10.2 Å². The molecule has 0 spiro atoms. The second-order valence-electron chi connectivity index (χ2n) is 4.08. The molecule has 0 unspecified atom stereocenters. The SMILES string of the molecule is COc1cccc2sc(NC(=O)NC(C)C)nc12. The molecule has 0 aliphatic rings. The fourth-order valence-electron chi connectivity index (χ4n) is 1.54. The molecule has 1 heterocycles. The number of anilines is 1. The number of amides is 2. The largest absolute Gasteiger partial charge is 0.494 e. The molecule has 0 fully saturated rings. The van der Waals surface area contributed by atoms with Crippen LogP contribution < -0.4 is 15.4 Å². The van der Waals surface area contributed by atoms with Gasteiger partial charge in [-0.3, -0.25) is 5.32 Å². The van der Waals surface area contributed by atoms with E-state index in [1.165, 1.54) is 11.3 Å². The second-order valence-corrected chi connectivity index (χ2v) is 5.11. The third kappa shape index (κ3) is 2.70. The molecular weight excluding hydrogens is 250 g/mol. The Morgan fingerprint density at radius 2 is 2.22 bits per heavy atom. The number of carbonyl (C=O) groups is 1. The van der Waals surface area contributed by atoms with Gasteiger partial charge < -0.3 is 10.1 Å². The van der Waals surface area contributed by atoms with Crippen LogP contribution in [0.1, 0.15) is 13.8 Å². The number of thiazole rings is 1. The van der Waals surface area contributed by atoms with Crippen molar-refractivity contribution in [3.8, 4) is 5.75 Å². The van der Waals surface area contributed by atoms with Gasteiger partial charge in [-0.2, -0.15) is 0 Å². The standard InChI is InChI=1S/C12H15N3O2S/c1-7(2)13-11(16)15-12-14-10-8(17-3)5-4-6-9(10)18-12/h4-7H,1-3H3,(H2,13,14,15,16). The van der Waals surface area contributed by atoms with E-state index < -0.39 is 0 Å². The Morgan fingerprint density at radius 1 is 1.44 bits per heavy atom. The first-order valence-corrected chi connectivity index (χ1v) is 6.43. The smallest absolute Gasteiger partial charge is 0.321 e. The maximum absolute atomic E-state index is 11.6. The van der Waals surface area contributed by atoms with Gasteiger partial charge in [0.2, 0.25) is 0 Å². The molecule has 6 heteroatoms. The molecule has 2 rings (SSSR count). The van der Waals surface area contributed by atoms with Crippen LogP contribution in [0.15, 0.2) is 18.2 Å². The van der Waals surface area contributed by atoms with Crippen LogP contribution >= 0.6 is 11.3 Å². The van der Waals surface area contributed by atoms with Crippen molar-refractivity contribution >= 4 is 32.7 Å². The summed E-state index contributed by atoms with van der Waals surface area (Å²) in [6.45, 7) is 3.81. The lowest BCUT2D eigenvalue weighted by Gasteiger charge is -2.07. The van der Waals surface area contributed by atoms with Gasteiger partial charge in [0.05, 0.1) is 11.8 Å². The van der Waals surface area contributed by atoms with Gasteiger partial charge in [-0.1, -0.05) is 17.4 Å². The predicted octanol–water partition coefficient (Wildman–Crippen LogP) is 2.83. The fraction of sp³-hybridized carbons (Fsp3) is 0.333. The molecule has 2 aromatic rings. The van der Waals surface area contributed by atoms with Gasteiger partial charge in [-0.25, -0.2) is 9.78 Å². The number of rotatable bonds is 3. The quantitative estimate of drug-likeness (QED) is 0.897. The first kappa shape index (κ1) is 12.6. The number of urea groups is 1. The van der Waals surface area contributed by atoms with Crippen LogP contribution in [0, 0.1) is 0 Å². The Kier molecular flexibility index (Phi) is 3.66. The predicted molar refractivity (Wildman–Crippen MR) is 73.5 cm³/mol. The average molecular weight is 265 g/mol. The minimum absolute atomic E-state index is 0.0916. The molecule has 18 heavy (non-hydrogen) atoms. The van der Waals surface area contributed by atoms with Crippen LogP contribution in [0.3, 0.4) is 0 Å². The number of aromatic nitrogens is 1. The van der Waals surface area contributed by atoms with Crippen molar-refractivity contribution in [1.29, 1.82) is 0 Å². The lowest BCUT2D eigenvalue weighted by Crippen LogP contribution is -2.34. The van der Waals surface area contributed by atoms with Crippen molar-refractivity contribution in [1.82, 2.24) is 10.3 Å². The van der Waals surface area contributed by atoms with E-state index in [0.29, 0.717) is 10.9 Å². The van der Waals surface area contributed by atoms with Crippen molar-refractivity contribution in [3.63, 3.8) is 0 Å². The molecule has 0 aliphatic carbocycles. The van der Waals surface area contributed by atoms with Gasteiger partial charge in [-0.05, 0) is 26.0 Å². The number of para-hydroxylation sites is 1. The molecule has 96 valence electrons. The van der Waals surface area contributed by atoms with Crippen LogP contribution in [-0.2, 0) is 0 Å². The highest BCUT2D eigenvalue weighted by Crippen LogP contribution is 2.31. The maximum Gasteiger partial charge on any atom is 0.321 e. The van der Waals surface area contributed by atoms with Gasteiger partial charge in [0.15, 0.2) is 5.13 Å². The molecule has 0 saturated carbocycles. The highest BCUT2D eigenvalue weighted by Gasteiger charge is 2.10. The van der Waals surface area contributed by atoms with E-state index in [2.05, 4.69) is 15.6 Å². The van der Waals surface area contributed by atoms with Gasteiger partial charge in [0.1, 0.15) is 11.3 Å². The Balaban J connectivity index is 2.22. The van der Waals surface area contributed by atoms with E-state index >= 15 is 0 Å². The molecule has 0 atom stereocenters. The summed E-state index contributed by atoms with van der Waals surface area (Å²) in [5, 5.41) is 6.03. The lowest BCUT2D eigenvalue weighted by molar-refractivity contribution is 0.250. The summed E-state index contributed by atoms with van der Waals surface area (Å²) in [6.07, 6.45) is 0. The number of carbonyl (C=O) groups excluding carboxylic acids is 1. The summed E-state index contributed by atoms with van der Waals surface area (Å²) in [5.41, 5.74) is 0.768. The minimum Gasteiger partial charge on any atom is -0.494 e. The third-order valence-electron chi connectivity index (χ3n) is 2.24. The van der Waals surface area contributed by atoms with Gasteiger partial charge in [-0.15, -0.1) is 0 Å². The summed E-state index contributed by atoms with van der Waals surface area (Å²) in [4.78, 5) is 15.9. The van der Waals surface area contributed by atoms with Crippen molar-refractivity contribution in [3.05, 3.63) is 18.2 Å². The van der Waals surface area contributed by atoms with E-state index in [4.69, 9.17) is 4.74 Å². The number of nitrogens with one attached hydrogen (secondary N) is 2. The lowest BCUT2D eigenvalue weighted by atomic mass is 10.3. The normalized spacial score (nSPS) is 10.7. The van der Waals surface area contributed by atoms with Crippen LogP contribution in [-0.4, -0.2) is 24.2 Å². The minimum atomic E-state index is -0.247. The van der Waals surface area contributed by atoms with Crippen LogP contribution in [0.4, 0.5) is 9.93 Å². The van der Waals surface area contributed by atoms with Crippen LogP contribution in [0.2, 0.25) is 0 Å². The van der Waals surface area contributed by atoms with Gasteiger partial charge >= 0.3 is 6.03 Å². The number of hydrogen-bond acceptors (Lipinski definition) is 4.